The Hall–Kier alpha value is -1.81. The molecule has 0 spiro atoms. The number of rotatable bonds is 3. The third-order valence-electron chi connectivity index (χ3n) is 2.21. The van der Waals surface area contributed by atoms with Gasteiger partial charge in [-0.2, -0.15) is 0 Å². The number of phenols is 1. The zero-order valence-electron chi connectivity index (χ0n) is 9.34. The van der Waals surface area contributed by atoms with Crippen LogP contribution in [0.25, 0.3) is 10.4 Å². The molecule has 0 atom stereocenters. The molecule has 1 N–H and O–H groups in total. The summed E-state index contributed by atoms with van der Waals surface area (Å²) in [6.07, 6.45) is 0. The normalized spacial score (nSPS) is 10.2. The van der Waals surface area contributed by atoms with Crippen molar-refractivity contribution < 1.29 is 14.6 Å². The Morgan fingerprint density at radius 3 is 2.88 bits per heavy atom. The first-order chi connectivity index (χ1) is 8.20. The first-order valence-electron chi connectivity index (χ1n) is 5.27. The molecule has 0 amide bonds. The highest BCUT2D eigenvalue weighted by molar-refractivity contribution is 7.17. The van der Waals surface area contributed by atoms with Gasteiger partial charge in [-0.3, -0.25) is 0 Å². The quantitative estimate of drug-likeness (QED) is 0.848. The van der Waals surface area contributed by atoms with Gasteiger partial charge < -0.3 is 9.84 Å². The topological polar surface area (TPSA) is 46.5 Å². The van der Waals surface area contributed by atoms with E-state index in [1.165, 1.54) is 11.3 Å². The number of thiophene rings is 1. The molecule has 1 heterocycles. The van der Waals surface area contributed by atoms with Crippen molar-refractivity contribution in [2.45, 2.75) is 6.92 Å². The van der Waals surface area contributed by atoms with E-state index < -0.39 is 0 Å². The van der Waals surface area contributed by atoms with Crippen molar-refractivity contribution in [3.05, 3.63) is 41.3 Å². The Labute approximate surface area is 103 Å². The number of esters is 1. The van der Waals surface area contributed by atoms with Crippen LogP contribution in [-0.4, -0.2) is 17.7 Å². The van der Waals surface area contributed by atoms with Crippen LogP contribution in [0, 0.1) is 0 Å². The van der Waals surface area contributed by atoms with Crippen LogP contribution in [0.3, 0.4) is 0 Å². The predicted molar refractivity (Wildman–Crippen MR) is 67.4 cm³/mol. The minimum absolute atomic E-state index is 0.216. The molecular formula is C13H12O3S. The largest absolute Gasteiger partial charge is 0.508 e. The van der Waals surface area contributed by atoms with E-state index in [4.69, 9.17) is 4.74 Å². The molecule has 3 nitrogen and oxygen atoms in total. The molecule has 2 rings (SSSR count). The van der Waals surface area contributed by atoms with Crippen LogP contribution in [0.5, 0.6) is 5.75 Å². The molecule has 0 radical (unpaired) electrons. The Balaban J connectivity index is 2.27. The molecule has 0 unspecified atom stereocenters. The van der Waals surface area contributed by atoms with E-state index >= 15 is 0 Å². The highest BCUT2D eigenvalue weighted by Gasteiger charge is 2.10. The number of ether oxygens (including phenoxy) is 1. The summed E-state index contributed by atoms with van der Waals surface area (Å²) in [6, 6.07) is 10.5. The van der Waals surface area contributed by atoms with Gasteiger partial charge in [0.05, 0.1) is 6.61 Å². The molecule has 2 aromatic rings. The van der Waals surface area contributed by atoms with Crippen molar-refractivity contribution in [3.8, 4) is 16.2 Å². The Bertz CT molecular complexity index is 531. The molecule has 0 fully saturated rings. The van der Waals surface area contributed by atoms with Crippen molar-refractivity contribution in [2.24, 2.45) is 0 Å². The number of carbonyl (C=O) groups excluding carboxylic acids is 1. The third-order valence-corrected chi connectivity index (χ3v) is 3.33. The molecule has 0 saturated heterocycles. The van der Waals surface area contributed by atoms with Crippen molar-refractivity contribution in [3.63, 3.8) is 0 Å². The van der Waals surface area contributed by atoms with E-state index in [1.54, 1.807) is 31.2 Å². The molecule has 88 valence electrons. The summed E-state index contributed by atoms with van der Waals surface area (Å²) in [5, 5.41) is 9.39. The van der Waals surface area contributed by atoms with Crippen LogP contribution in [0.2, 0.25) is 0 Å². The Morgan fingerprint density at radius 2 is 2.18 bits per heavy atom. The maximum atomic E-state index is 11.5. The summed E-state index contributed by atoms with van der Waals surface area (Å²) in [7, 11) is 0. The zero-order valence-corrected chi connectivity index (χ0v) is 10.2. The predicted octanol–water partition coefficient (Wildman–Crippen LogP) is 3.30. The first-order valence-corrected chi connectivity index (χ1v) is 6.08. The summed E-state index contributed by atoms with van der Waals surface area (Å²) in [4.78, 5) is 13.0. The van der Waals surface area contributed by atoms with Crippen LogP contribution in [0.1, 0.15) is 16.6 Å². The van der Waals surface area contributed by atoms with Gasteiger partial charge in [0.1, 0.15) is 10.6 Å². The molecule has 0 bridgehead atoms. The molecule has 0 aliphatic heterocycles. The minimum atomic E-state index is -0.302. The van der Waals surface area contributed by atoms with E-state index in [2.05, 4.69) is 0 Å². The summed E-state index contributed by atoms with van der Waals surface area (Å²) in [6.45, 7) is 2.15. The lowest BCUT2D eigenvalue weighted by atomic mass is 10.2. The number of aromatic hydroxyl groups is 1. The van der Waals surface area contributed by atoms with Crippen LogP contribution < -0.4 is 0 Å². The van der Waals surface area contributed by atoms with Crippen LogP contribution >= 0.6 is 11.3 Å². The van der Waals surface area contributed by atoms with E-state index in [9.17, 15) is 9.90 Å². The maximum absolute atomic E-state index is 11.5. The monoisotopic (exact) mass is 248 g/mol. The van der Waals surface area contributed by atoms with Crippen molar-refractivity contribution in [2.75, 3.05) is 6.61 Å². The summed E-state index contributed by atoms with van der Waals surface area (Å²) >= 11 is 1.36. The molecule has 0 saturated carbocycles. The smallest absolute Gasteiger partial charge is 0.348 e. The Kier molecular flexibility index (Phi) is 3.44. The van der Waals surface area contributed by atoms with Crippen molar-refractivity contribution >= 4 is 17.3 Å². The highest BCUT2D eigenvalue weighted by atomic mass is 32.1. The average Bonchev–Trinajstić information content (AvgIpc) is 2.78. The maximum Gasteiger partial charge on any atom is 0.348 e. The van der Waals surface area contributed by atoms with Gasteiger partial charge in [0, 0.05) is 4.88 Å². The standard InChI is InChI=1S/C13H12O3S/c1-2-16-13(15)12-7-6-11(17-12)9-4-3-5-10(14)8-9/h3-8,14H,2H2,1H3. The SMILES string of the molecule is CCOC(=O)c1ccc(-c2cccc(O)c2)s1. The van der Waals surface area contributed by atoms with Gasteiger partial charge in [-0.05, 0) is 36.8 Å². The fourth-order valence-electron chi connectivity index (χ4n) is 1.46. The Morgan fingerprint density at radius 1 is 1.35 bits per heavy atom. The number of phenolic OH excluding ortho intramolecular Hbond substituents is 1. The fraction of sp³-hybridized carbons (Fsp3) is 0.154. The van der Waals surface area contributed by atoms with Gasteiger partial charge in [0.2, 0.25) is 0 Å². The molecular weight excluding hydrogens is 236 g/mol. The number of benzene rings is 1. The molecule has 1 aromatic heterocycles. The lowest BCUT2D eigenvalue weighted by Gasteiger charge is -1.98. The summed E-state index contributed by atoms with van der Waals surface area (Å²) in [5.41, 5.74) is 0.894. The highest BCUT2D eigenvalue weighted by Crippen LogP contribution is 2.30. The minimum Gasteiger partial charge on any atom is -0.508 e. The van der Waals surface area contributed by atoms with Gasteiger partial charge in [-0.15, -0.1) is 11.3 Å². The lowest BCUT2D eigenvalue weighted by Crippen LogP contribution is -2.01. The van der Waals surface area contributed by atoms with E-state index in [0.29, 0.717) is 11.5 Å². The van der Waals surface area contributed by atoms with Gasteiger partial charge in [0.15, 0.2) is 0 Å². The van der Waals surface area contributed by atoms with E-state index in [0.717, 1.165) is 10.4 Å². The number of hydrogen-bond donors (Lipinski definition) is 1. The van der Waals surface area contributed by atoms with Gasteiger partial charge in [0.25, 0.3) is 0 Å². The summed E-state index contributed by atoms with van der Waals surface area (Å²) < 4.78 is 4.92. The third kappa shape index (κ3) is 2.65. The number of hydrogen-bond acceptors (Lipinski definition) is 4. The van der Waals surface area contributed by atoms with E-state index in [1.807, 2.05) is 12.1 Å². The second-order valence-electron chi connectivity index (χ2n) is 3.43. The molecule has 1 aromatic carbocycles. The van der Waals surface area contributed by atoms with Gasteiger partial charge in [-0.1, -0.05) is 12.1 Å². The summed E-state index contributed by atoms with van der Waals surface area (Å²) in [5.74, 6) is -0.0857. The first kappa shape index (κ1) is 11.7. The van der Waals surface area contributed by atoms with Crippen LogP contribution in [0.15, 0.2) is 36.4 Å². The second-order valence-corrected chi connectivity index (χ2v) is 4.52. The van der Waals surface area contributed by atoms with E-state index in [-0.39, 0.29) is 11.7 Å². The fourth-order valence-corrected chi connectivity index (χ4v) is 2.36. The van der Waals surface area contributed by atoms with Crippen molar-refractivity contribution in [1.29, 1.82) is 0 Å². The van der Waals surface area contributed by atoms with Crippen molar-refractivity contribution in [1.82, 2.24) is 0 Å². The molecule has 0 aliphatic carbocycles. The van der Waals surface area contributed by atoms with Crippen LogP contribution in [0.4, 0.5) is 0 Å². The van der Waals surface area contributed by atoms with Gasteiger partial charge >= 0.3 is 5.97 Å². The molecule has 4 heteroatoms. The number of carbonyl (C=O) groups is 1. The van der Waals surface area contributed by atoms with Crippen LogP contribution in [-0.2, 0) is 4.74 Å². The molecule has 0 aliphatic rings. The molecule has 17 heavy (non-hydrogen) atoms. The second kappa shape index (κ2) is 5.01. The van der Waals surface area contributed by atoms with Gasteiger partial charge in [-0.25, -0.2) is 4.79 Å². The zero-order chi connectivity index (χ0) is 12.3. The average molecular weight is 248 g/mol. The lowest BCUT2D eigenvalue weighted by molar-refractivity contribution is 0.0532.